The van der Waals surface area contributed by atoms with Crippen molar-refractivity contribution >= 4 is 12.1 Å². The lowest BCUT2D eigenvalue weighted by atomic mass is 10.1. The molecule has 0 saturated heterocycles. The fraction of sp³-hybridized carbons (Fsp3) is 0.500. The third-order valence-electron chi connectivity index (χ3n) is 2.00. The van der Waals surface area contributed by atoms with Gasteiger partial charge < -0.3 is 21.3 Å². The topological polar surface area (TPSA) is 108 Å². The zero-order valence-corrected chi connectivity index (χ0v) is 7.98. The molecule has 0 spiro atoms. The van der Waals surface area contributed by atoms with Crippen LogP contribution in [0.15, 0.2) is 16.4 Å². The molecule has 0 aromatic rings. The molecule has 0 aromatic carbocycles. The second-order valence-electron chi connectivity index (χ2n) is 3.39. The number of nitrogens with two attached hydrogens (primary N) is 1. The second kappa shape index (κ2) is 3.30. The molecule has 1 rings (SSSR count). The number of nitrogens with zero attached hydrogens (tertiary/aromatic N) is 1. The van der Waals surface area contributed by atoms with Crippen molar-refractivity contribution in [1.82, 2.24) is 5.32 Å². The number of hydrogen-bond acceptors (Lipinski definition) is 5. The molecule has 1 atom stereocenters. The summed E-state index contributed by atoms with van der Waals surface area (Å²) in [7, 11) is 0. The van der Waals surface area contributed by atoms with Crippen molar-refractivity contribution in [2.45, 2.75) is 19.7 Å². The molecule has 0 aliphatic carbocycles. The smallest absolute Gasteiger partial charge is 0.268 e. The van der Waals surface area contributed by atoms with Crippen LogP contribution in [-0.4, -0.2) is 28.2 Å². The number of allylic oxidation sites excluding steroid dienone is 1. The molecule has 6 nitrogen and oxygen atoms in total. The predicted molar refractivity (Wildman–Crippen MR) is 50.3 cm³/mol. The Balaban J connectivity index is 3.01. The molecule has 1 aliphatic heterocycles. The van der Waals surface area contributed by atoms with E-state index in [1.54, 1.807) is 13.8 Å². The van der Waals surface area contributed by atoms with Gasteiger partial charge in [-0.05, 0) is 0 Å². The van der Waals surface area contributed by atoms with Crippen LogP contribution in [0.3, 0.4) is 0 Å². The quantitative estimate of drug-likeness (QED) is 0.467. The van der Waals surface area contributed by atoms with Crippen molar-refractivity contribution in [2.75, 3.05) is 0 Å². The van der Waals surface area contributed by atoms with E-state index >= 15 is 0 Å². The van der Waals surface area contributed by atoms with Gasteiger partial charge in [-0.15, -0.1) is 0 Å². The SMILES string of the molecule is CC(C)C1(O)N=CC(O)=C(C(N)=O)N1. The van der Waals surface area contributed by atoms with Crippen molar-refractivity contribution in [3.63, 3.8) is 0 Å². The second-order valence-corrected chi connectivity index (χ2v) is 3.39. The summed E-state index contributed by atoms with van der Waals surface area (Å²) in [5.41, 5.74) is 4.76. The van der Waals surface area contributed by atoms with Gasteiger partial charge in [-0.2, -0.15) is 0 Å². The molecule has 5 N–H and O–H groups in total. The van der Waals surface area contributed by atoms with Crippen molar-refractivity contribution in [3.8, 4) is 0 Å². The van der Waals surface area contributed by atoms with Crippen molar-refractivity contribution < 1.29 is 15.0 Å². The van der Waals surface area contributed by atoms with E-state index in [0.717, 1.165) is 6.21 Å². The van der Waals surface area contributed by atoms with Crippen LogP contribution in [0.4, 0.5) is 0 Å². The van der Waals surface area contributed by atoms with E-state index in [2.05, 4.69) is 10.3 Å². The van der Waals surface area contributed by atoms with E-state index in [1.165, 1.54) is 0 Å². The molecular formula is C8H13N3O3. The lowest BCUT2D eigenvalue weighted by molar-refractivity contribution is -0.116. The molecule has 1 heterocycles. The van der Waals surface area contributed by atoms with Gasteiger partial charge in [-0.1, -0.05) is 13.8 Å². The molecule has 1 aliphatic rings. The molecule has 0 bridgehead atoms. The van der Waals surface area contributed by atoms with E-state index in [9.17, 15) is 15.0 Å². The normalized spacial score (nSPS) is 26.6. The highest BCUT2D eigenvalue weighted by Gasteiger charge is 2.35. The number of amides is 1. The Kier molecular flexibility index (Phi) is 2.48. The summed E-state index contributed by atoms with van der Waals surface area (Å²) in [6, 6.07) is 0. The van der Waals surface area contributed by atoms with Crippen LogP contribution in [0, 0.1) is 5.92 Å². The first-order valence-electron chi connectivity index (χ1n) is 4.15. The monoisotopic (exact) mass is 199 g/mol. The van der Waals surface area contributed by atoms with Crippen molar-refractivity contribution in [1.29, 1.82) is 0 Å². The highest BCUT2D eigenvalue weighted by molar-refractivity contribution is 5.98. The average Bonchev–Trinajstić information content (AvgIpc) is 2.09. The van der Waals surface area contributed by atoms with E-state index in [0.29, 0.717) is 0 Å². The minimum absolute atomic E-state index is 0.226. The summed E-state index contributed by atoms with van der Waals surface area (Å²) in [4.78, 5) is 14.5. The number of rotatable bonds is 2. The Morgan fingerprint density at radius 2 is 2.29 bits per heavy atom. The minimum atomic E-state index is -1.59. The number of carbonyl (C=O) groups is 1. The maximum atomic E-state index is 10.8. The van der Waals surface area contributed by atoms with Crippen LogP contribution in [0.1, 0.15) is 13.8 Å². The Hall–Kier alpha value is -1.56. The maximum Gasteiger partial charge on any atom is 0.268 e. The van der Waals surface area contributed by atoms with Gasteiger partial charge in [0.25, 0.3) is 5.91 Å². The summed E-state index contributed by atoms with van der Waals surface area (Å²) in [6.45, 7) is 3.43. The lowest BCUT2D eigenvalue weighted by Gasteiger charge is -2.32. The molecule has 14 heavy (non-hydrogen) atoms. The Morgan fingerprint density at radius 1 is 1.71 bits per heavy atom. The van der Waals surface area contributed by atoms with E-state index < -0.39 is 11.8 Å². The van der Waals surface area contributed by atoms with Gasteiger partial charge in [0.1, 0.15) is 5.70 Å². The fourth-order valence-electron chi connectivity index (χ4n) is 0.986. The predicted octanol–water partition coefficient (Wildman–Crippen LogP) is -0.783. The van der Waals surface area contributed by atoms with Gasteiger partial charge in [0, 0.05) is 5.92 Å². The zero-order valence-electron chi connectivity index (χ0n) is 7.98. The van der Waals surface area contributed by atoms with E-state index in [-0.39, 0.29) is 17.4 Å². The highest BCUT2D eigenvalue weighted by atomic mass is 16.3. The van der Waals surface area contributed by atoms with Crippen LogP contribution in [-0.2, 0) is 4.79 Å². The summed E-state index contributed by atoms with van der Waals surface area (Å²) < 4.78 is 0. The zero-order chi connectivity index (χ0) is 10.9. The van der Waals surface area contributed by atoms with E-state index in [1.807, 2.05) is 0 Å². The summed E-state index contributed by atoms with van der Waals surface area (Å²) in [5.74, 6) is -3.06. The number of primary amides is 1. The first-order valence-corrected chi connectivity index (χ1v) is 4.15. The lowest BCUT2D eigenvalue weighted by Crippen LogP contribution is -2.52. The van der Waals surface area contributed by atoms with Gasteiger partial charge in [0.15, 0.2) is 5.76 Å². The molecular weight excluding hydrogens is 186 g/mol. The van der Waals surface area contributed by atoms with Crippen LogP contribution in [0.2, 0.25) is 0 Å². The number of aliphatic imine (C=N–C) groups is 1. The van der Waals surface area contributed by atoms with Crippen molar-refractivity contribution in [3.05, 3.63) is 11.5 Å². The number of nitrogens with one attached hydrogen (secondary N) is 1. The fourth-order valence-corrected chi connectivity index (χ4v) is 0.986. The van der Waals surface area contributed by atoms with Gasteiger partial charge in [0.2, 0.25) is 5.85 Å². The van der Waals surface area contributed by atoms with E-state index in [4.69, 9.17) is 5.73 Å². The summed E-state index contributed by atoms with van der Waals surface area (Å²) in [6.07, 6.45) is 1.01. The van der Waals surface area contributed by atoms with Gasteiger partial charge in [-0.3, -0.25) is 4.79 Å². The Morgan fingerprint density at radius 3 is 2.71 bits per heavy atom. The van der Waals surface area contributed by atoms with Gasteiger partial charge in [-0.25, -0.2) is 4.99 Å². The molecule has 0 radical (unpaired) electrons. The minimum Gasteiger partial charge on any atom is -0.504 e. The standard InChI is InChI=1S/C8H13N3O3/c1-4(2)8(14)10-3-5(12)6(11-8)7(9)13/h3-4,11-12,14H,1-2H3,(H2,9,13). The molecule has 1 amide bonds. The highest BCUT2D eigenvalue weighted by Crippen LogP contribution is 2.20. The van der Waals surface area contributed by atoms with Crippen LogP contribution >= 0.6 is 0 Å². The molecule has 78 valence electrons. The Labute approximate surface area is 81.1 Å². The third-order valence-corrected chi connectivity index (χ3v) is 2.00. The van der Waals surface area contributed by atoms with Gasteiger partial charge >= 0.3 is 0 Å². The summed E-state index contributed by atoms with van der Waals surface area (Å²) >= 11 is 0. The van der Waals surface area contributed by atoms with Crippen LogP contribution in [0.25, 0.3) is 0 Å². The number of hydrogen-bond donors (Lipinski definition) is 4. The van der Waals surface area contributed by atoms with Gasteiger partial charge in [0.05, 0.1) is 6.21 Å². The summed E-state index contributed by atoms with van der Waals surface area (Å²) in [5, 5.41) is 21.4. The maximum absolute atomic E-state index is 10.8. The molecule has 0 fully saturated rings. The number of aliphatic hydroxyl groups is 2. The van der Waals surface area contributed by atoms with Crippen LogP contribution < -0.4 is 11.1 Å². The first-order chi connectivity index (χ1) is 6.37. The largest absolute Gasteiger partial charge is 0.504 e. The molecule has 6 heteroatoms. The molecule has 0 aromatic heterocycles. The van der Waals surface area contributed by atoms with Crippen molar-refractivity contribution in [2.24, 2.45) is 16.6 Å². The Bertz CT molecular complexity index is 322. The average molecular weight is 199 g/mol. The third kappa shape index (κ3) is 1.69. The molecule has 0 saturated carbocycles. The molecule has 1 unspecified atom stereocenters. The first kappa shape index (κ1) is 10.5. The van der Waals surface area contributed by atoms with Crippen LogP contribution in [0.5, 0.6) is 0 Å². The number of carbonyl (C=O) groups excluding carboxylic acids is 1. The number of aliphatic hydroxyl groups excluding tert-OH is 1.